The summed E-state index contributed by atoms with van der Waals surface area (Å²) in [6.07, 6.45) is 7.49. The zero-order chi connectivity index (χ0) is 21.1. The van der Waals surface area contributed by atoms with E-state index < -0.39 is 0 Å². The molecule has 0 aromatic heterocycles. The minimum absolute atomic E-state index is 0.254. The maximum atomic E-state index is 6.26. The molecule has 2 aliphatic heterocycles. The molecule has 0 spiro atoms. The Hall–Kier alpha value is -2.67. The van der Waals surface area contributed by atoms with E-state index in [2.05, 4.69) is 35.5 Å². The number of nitrogens with zero attached hydrogens (tertiary/aromatic N) is 4. The van der Waals surface area contributed by atoms with E-state index in [0.717, 1.165) is 52.9 Å². The number of hydrogen-bond acceptors (Lipinski definition) is 6. The first-order chi connectivity index (χ1) is 14.6. The summed E-state index contributed by atoms with van der Waals surface area (Å²) in [6.45, 7) is 5.37. The highest BCUT2D eigenvalue weighted by Gasteiger charge is 2.22. The van der Waals surface area contributed by atoms with Crippen LogP contribution < -0.4 is 15.2 Å². The number of methoxy groups -OCH3 is 1. The van der Waals surface area contributed by atoms with Crippen LogP contribution in [0.25, 0.3) is 11.5 Å². The maximum Gasteiger partial charge on any atom is 0.164 e. The van der Waals surface area contributed by atoms with Gasteiger partial charge in [-0.25, -0.2) is 15.0 Å². The van der Waals surface area contributed by atoms with Gasteiger partial charge in [0.25, 0.3) is 0 Å². The van der Waals surface area contributed by atoms with Gasteiger partial charge < -0.3 is 19.8 Å². The quantitative estimate of drug-likeness (QED) is 0.609. The Bertz CT molecular complexity index is 962. The van der Waals surface area contributed by atoms with Gasteiger partial charge in [0.1, 0.15) is 11.5 Å². The highest BCUT2D eigenvalue weighted by atomic mass is 16.5. The third kappa shape index (κ3) is 4.26. The lowest BCUT2D eigenvalue weighted by Gasteiger charge is -2.18. The molecule has 2 heterocycles. The number of nitrogens with two attached hydrogens (primary N) is 1. The molecule has 1 fully saturated rings. The molecule has 0 bridgehead atoms. The van der Waals surface area contributed by atoms with Crippen molar-refractivity contribution in [1.82, 2.24) is 19.5 Å². The lowest BCUT2D eigenvalue weighted by Crippen LogP contribution is -2.13. The average molecular weight is 410 g/mol. The van der Waals surface area contributed by atoms with Crippen LogP contribution >= 0.6 is 0 Å². The topological polar surface area (TPSA) is 88.1 Å². The van der Waals surface area contributed by atoms with Gasteiger partial charge in [-0.1, -0.05) is 19.9 Å². The van der Waals surface area contributed by atoms with Gasteiger partial charge in [-0.15, -0.1) is 0 Å². The predicted molar refractivity (Wildman–Crippen MR) is 116 cm³/mol. The first-order valence-corrected chi connectivity index (χ1v) is 10.8. The highest BCUT2D eigenvalue weighted by molar-refractivity contribution is 5.56. The van der Waals surface area contributed by atoms with E-state index in [1.807, 2.05) is 12.4 Å². The third-order valence-corrected chi connectivity index (χ3v) is 5.63. The second kappa shape index (κ2) is 9.00. The minimum atomic E-state index is 0.254. The average Bonchev–Trinajstić information content (AvgIpc) is 3.40. The van der Waals surface area contributed by atoms with Crippen LogP contribution in [0.15, 0.2) is 24.5 Å². The standard InChI is InChI=1S/C23H31N5O2/c1-15(2)22-26-21-18(10-11-24)25-14-28(23(21)27-22)13-16-8-9-19(29-3)20(12-16)30-17-6-4-5-7-17/h8-9,12,14-15,17H,4-7,10-11,13,24H2,1-3H3. The van der Waals surface area contributed by atoms with Crippen molar-refractivity contribution in [3.63, 3.8) is 0 Å². The van der Waals surface area contributed by atoms with Crippen LogP contribution in [-0.4, -0.2) is 39.3 Å². The van der Waals surface area contributed by atoms with Crippen LogP contribution in [0.5, 0.6) is 11.5 Å². The Balaban J connectivity index is 1.65. The number of hydrogen-bond donors (Lipinski definition) is 1. The summed E-state index contributed by atoms with van der Waals surface area (Å²) in [7, 11) is 1.68. The van der Waals surface area contributed by atoms with Gasteiger partial charge >= 0.3 is 0 Å². The zero-order valence-corrected chi connectivity index (χ0v) is 18.1. The molecule has 1 aromatic rings. The molecule has 0 unspecified atom stereocenters. The number of imidazole rings is 1. The van der Waals surface area contributed by atoms with Crippen LogP contribution in [-0.2, 0) is 13.0 Å². The number of fused-ring (bicyclic) bond motifs is 1. The van der Waals surface area contributed by atoms with Gasteiger partial charge in [0.2, 0.25) is 0 Å². The van der Waals surface area contributed by atoms with Gasteiger partial charge in [-0.05, 0) is 49.9 Å². The molecule has 7 nitrogen and oxygen atoms in total. The van der Waals surface area contributed by atoms with Gasteiger partial charge in [0, 0.05) is 12.3 Å². The van der Waals surface area contributed by atoms with Crippen molar-refractivity contribution in [2.75, 3.05) is 13.7 Å². The Morgan fingerprint density at radius 2 is 1.97 bits per heavy atom. The molecule has 1 aromatic carbocycles. The molecule has 4 rings (SSSR count). The lowest BCUT2D eigenvalue weighted by molar-refractivity contribution is 0.200. The van der Waals surface area contributed by atoms with Crippen molar-refractivity contribution in [3.8, 4) is 23.0 Å². The van der Waals surface area contributed by atoms with Crippen LogP contribution in [0.3, 0.4) is 0 Å². The lowest BCUT2D eigenvalue weighted by atomic mass is 10.1. The van der Waals surface area contributed by atoms with Crippen LogP contribution in [0.2, 0.25) is 0 Å². The normalized spacial score (nSPS) is 14.7. The van der Waals surface area contributed by atoms with E-state index in [0.29, 0.717) is 19.5 Å². The second-order valence-electron chi connectivity index (χ2n) is 8.28. The predicted octanol–water partition coefficient (Wildman–Crippen LogP) is 3.78. The first kappa shape index (κ1) is 20.6. The van der Waals surface area contributed by atoms with Crippen molar-refractivity contribution >= 4 is 0 Å². The summed E-state index contributed by atoms with van der Waals surface area (Å²) >= 11 is 0. The summed E-state index contributed by atoms with van der Waals surface area (Å²) in [5.41, 5.74) is 8.63. The number of benzene rings is 1. The molecule has 2 N–H and O–H groups in total. The molecule has 30 heavy (non-hydrogen) atoms. The molecule has 160 valence electrons. The van der Waals surface area contributed by atoms with Gasteiger partial charge in [0.15, 0.2) is 17.3 Å². The SMILES string of the molecule is COc1ccc(Cn2cnc(CCN)c3nc(C(C)C)nc2-3)cc1OC1CCCC1. The van der Waals surface area contributed by atoms with E-state index in [1.165, 1.54) is 12.8 Å². The van der Waals surface area contributed by atoms with Crippen molar-refractivity contribution in [2.45, 2.75) is 64.5 Å². The minimum Gasteiger partial charge on any atom is -0.493 e. The Kier molecular flexibility index (Phi) is 6.18. The van der Waals surface area contributed by atoms with E-state index in [4.69, 9.17) is 25.2 Å². The van der Waals surface area contributed by atoms with E-state index in [9.17, 15) is 0 Å². The third-order valence-electron chi connectivity index (χ3n) is 5.63. The Labute approximate surface area is 178 Å². The molecule has 7 heteroatoms. The first-order valence-electron chi connectivity index (χ1n) is 10.8. The molecule has 0 amide bonds. The maximum absolute atomic E-state index is 6.26. The number of ether oxygens (including phenoxy) is 2. The fourth-order valence-corrected chi connectivity index (χ4v) is 3.99. The van der Waals surface area contributed by atoms with Crippen LogP contribution in [0, 0.1) is 0 Å². The summed E-state index contributed by atoms with van der Waals surface area (Å²) in [6, 6.07) is 6.11. The van der Waals surface area contributed by atoms with Crippen molar-refractivity contribution < 1.29 is 9.47 Å². The zero-order valence-electron chi connectivity index (χ0n) is 18.1. The van der Waals surface area contributed by atoms with Gasteiger partial charge in [0.05, 0.1) is 31.8 Å². The summed E-state index contributed by atoms with van der Waals surface area (Å²) in [5, 5.41) is 0. The van der Waals surface area contributed by atoms with Crippen molar-refractivity contribution in [3.05, 3.63) is 41.6 Å². The molecular formula is C23H31N5O2. The molecule has 1 saturated carbocycles. The van der Waals surface area contributed by atoms with E-state index >= 15 is 0 Å². The van der Waals surface area contributed by atoms with Crippen molar-refractivity contribution in [1.29, 1.82) is 0 Å². The van der Waals surface area contributed by atoms with E-state index in [1.54, 1.807) is 7.11 Å². The molecule has 0 saturated heterocycles. The molecule has 1 aliphatic carbocycles. The smallest absolute Gasteiger partial charge is 0.164 e. The molecule has 0 atom stereocenters. The fourth-order valence-electron chi connectivity index (χ4n) is 3.99. The Morgan fingerprint density at radius 3 is 2.67 bits per heavy atom. The van der Waals surface area contributed by atoms with E-state index in [-0.39, 0.29) is 12.0 Å². The van der Waals surface area contributed by atoms with Crippen molar-refractivity contribution in [2.24, 2.45) is 5.73 Å². The fraction of sp³-hybridized carbons (Fsp3) is 0.522. The van der Waals surface area contributed by atoms with Gasteiger partial charge in [-0.2, -0.15) is 0 Å². The molecule has 3 aliphatic rings. The summed E-state index contributed by atoms with van der Waals surface area (Å²) in [5.74, 6) is 3.52. The van der Waals surface area contributed by atoms with Crippen LogP contribution in [0.4, 0.5) is 0 Å². The Morgan fingerprint density at radius 1 is 1.17 bits per heavy atom. The summed E-state index contributed by atoms with van der Waals surface area (Å²) in [4.78, 5) is 14.2. The molecule has 0 radical (unpaired) electrons. The number of aromatic nitrogens is 4. The monoisotopic (exact) mass is 409 g/mol. The van der Waals surface area contributed by atoms with Crippen LogP contribution in [0.1, 0.15) is 62.5 Å². The molecular weight excluding hydrogens is 378 g/mol. The largest absolute Gasteiger partial charge is 0.493 e. The highest BCUT2D eigenvalue weighted by Crippen LogP contribution is 2.33. The second-order valence-corrected chi connectivity index (χ2v) is 8.28. The number of rotatable bonds is 8. The summed E-state index contributed by atoms with van der Waals surface area (Å²) < 4.78 is 13.8. The van der Waals surface area contributed by atoms with Gasteiger partial charge in [-0.3, -0.25) is 0 Å².